The van der Waals surface area contributed by atoms with Crippen molar-refractivity contribution in [3.05, 3.63) is 49.3 Å². The highest BCUT2D eigenvalue weighted by Crippen LogP contribution is 2.26. The van der Waals surface area contributed by atoms with E-state index >= 15 is 0 Å². The summed E-state index contributed by atoms with van der Waals surface area (Å²) in [5, 5.41) is 13.6. The van der Waals surface area contributed by atoms with Crippen molar-refractivity contribution in [3.63, 3.8) is 0 Å². The predicted molar refractivity (Wildman–Crippen MR) is 108 cm³/mol. The molecule has 1 aliphatic rings. The highest BCUT2D eigenvalue weighted by atomic mass is 16.3. The van der Waals surface area contributed by atoms with Crippen LogP contribution in [-0.2, 0) is 0 Å². The Morgan fingerprint density at radius 2 is 2.14 bits per heavy atom. The summed E-state index contributed by atoms with van der Waals surface area (Å²) in [6.07, 6.45) is 7.17. The molecule has 2 N–H and O–H groups in total. The molecule has 0 aliphatic carbocycles. The van der Waals surface area contributed by atoms with Gasteiger partial charge in [0.25, 0.3) is 0 Å². The summed E-state index contributed by atoms with van der Waals surface area (Å²) in [5.74, 6) is 3.25. The van der Waals surface area contributed by atoms with E-state index in [9.17, 15) is 5.11 Å². The largest absolute Gasteiger partial charge is 0.391 e. The summed E-state index contributed by atoms with van der Waals surface area (Å²) in [5.41, 5.74) is 0. The molecule has 9 heteroatoms. The zero-order valence-corrected chi connectivity index (χ0v) is 16.0. The molecule has 9 nitrogen and oxygen atoms in total. The lowest BCUT2D eigenvalue weighted by Crippen LogP contribution is -2.36. The first-order valence-electron chi connectivity index (χ1n) is 9.23. The highest BCUT2D eigenvalue weighted by molar-refractivity contribution is 5.51. The second-order valence-corrected chi connectivity index (χ2v) is 7.06. The van der Waals surface area contributed by atoms with Gasteiger partial charge in [-0.05, 0) is 18.6 Å². The van der Waals surface area contributed by atoms with Crippen LogP contribution in [0.15, 0.2) is 49.3 Å². The topological polar surface area (TPSA) is 95.2 Å². The smallest absolute Gasteiger partial charge is 0.140 e. The molecule has 0 spiro atoms. The van der Waals surface area contributed by atoms with E-state index in [2.05, 4.69) is 30.2 Å². The molecule has 4 rings (SSSR count). The Morgan fingerprint density at radius 3 is 2.93 bits per heavy atom. The molecule has 1 fully saturated rings. The quantitative estimate of drug-likeness (QED) is 0.658. The van der Waals surface area contributed by atoms with Crippen molar-refractivity contribution in [1.82, 2.24) is 24.5 Å². The van der Waals surface area contributed by atoms with E-state index in [0.717, 1.165) is 23.3 Å². The lowest BCUT2D eigenvalue weighted by Gasteiger charge is -2.26. The van der Waals surface area contributed by atoms with Gasteiger partial charge in [0.2, 0.25) is 0 Å². The van der Waals surface area contributed by atoms with Gasteiger partial charge in [-0.25, -0.2) is 19.9 Å². The maximum absolute atomic E-state index is 10.2. The van der Waals surface area contributed by atoms with Crippen molar-refractivity contribution >= 4 is 17.5 Å². The number of nitrogens with one attached hydrogen (secondary N) is 1. The van der Waals surface area contributed by atoms with Crippen LogP contribution in [0.2, 0.25) is 0 Å². The van der Waals surface area contributed by atoms with Gasteiger partial charge in [-0.15, -0.1) is 0 Å². The van der Waals surface area contributed by atoms with E-state index in [4.69, 9.17) is 0 Å². The Kier molecular flexibility index (Phi) is 5.07. The van der Waals surface area contributed by atoms with E-state index in [1.807, 2.05) is 54.0 Å². The van der Waals surface area contributed by atoms with Crippen LogP contribution in [0.4, 0.5) is 17.5 Å². The molecule has 0 amide bonds. The molecule has 146 valence electrons. The molecule has 2 atom stereocenters. The van der Waals surface area contributed by atoms with Gasteiger partial charge in [-0.2, -0.15) is 0 Å². The first kappa shape index (κ1) is 18.2. The fraction of sp³-hybridized carbons (Fsp3) is 0.368. The Morgan fingerprint density at radius 1 is 1.25 bits per heavy atom. The molecule has 3 aromatic rings. The number of anilines is 3. The predicted octanol–water partition coefficient (Wildman–Crippen LogP) is 1.17. The number of rotatable bonds is 6. The zero-order valence-electron chi connectivity index (χ0n) is 16.0. The number of nitrogens with zero attached hydrogens (tertiary/aromatic N) is 7. The number of imidazole rings is 1. The first-order chi connectivity index (χ1) is 13.6. The monoisotopic (exact) mass is 380 g/mol. The number of pyridine rings is 1. The lowest BCUT2D eigenvalue weighted by atomic mass is 10.2. The van der Waals surface area contributed by atoms with E-state index < -0.39 is 0 Å². The minimum Gasteiger partial charge on any atom is -0.391 e. The summed E-state index contributed by atoms with van der Waals surface area (Å²) >= 11 is 0. The zero-order chi connectivity index (χ0) is 19.5. The molecular weight excluding hydrogens is 356 g/mol. The van der Waals surface area contributed by atoms with Gasteiger partial charge in [0, 0.05) is 45.6 Å². The van der Waals surface area contributed by atoms with Gasteiger partial charge in [-0.3, -0.25) is 4.57 Å². The number of β-amino-alcohol motifs (C(OH)–C–C–N with tert-alkyl or cyclic N) is 1. The number of aliphatic hydroxyl groups excluding tert-OH is 1. The first-order valence-corrected chi connectivity index (χ1v) is 9.23. The van der Waals surface area contributed by atoms with Crippen LogP contribution in [-0.4, -0.2) is 68.9 Å². The molecule has 1 aliphatic heterocycles. The number of aromatic nitrogens is 5. The van der Waals surface area contributed by atoms with Crippen LogP contribution in [0.5, 0.6) is 0 Å². The van der Waals surface area contributed by atoms with Crippen molar-refractivity contribution in [2.75, 3.05) is 42.3 Å². The van der Waals surface area contributed by atoms with Crippen LogP contribution >= 0.6 is 0 Å². The van der Waals surface area contributed by atoms with Crippen molar-refractivity contribution < 1.29 is 5.11 Å². The molecule has 0 bridgehead atoms. The molecule has 4 heterocycles. The summed E-state index contributed by atoms with van der Waals surface area (Å²) in [6, 6.07) is 7.88. The third-order valence-electron chi connectivity index (χ3n) is 4.81. The van der Waals surface area contributed by atoms with Crippen LogP contribution in [0.1, 0.15) is 6.42 Å². The average molecular weight is 380 g/mol. The molecule has 1 saturated heterocycles. The molecule has 0 saturated carbocycles. The summed E-state index contributed by atoms with van der Waals surface area (Å²) in [6.45, 7) is 1.21. The van der Waals surface area contributed by atoms with Crippen molar-refractivity contribution in [2.45, 2.75) is 18.6 Å². The molecule has 0 unspecified atom stereocenters. The van der Waals surface area contributed by atoms with Crippen molar-refractivity contribution in [3.8, 4) is 5.82 Å². The maximum atomic E-state index is 10.2. The number of hydrogen-bond donors (Lipinski definition) is 2. The minimum absolute atomic E-state index is 0.110. The van der Waals surface area contributed by atoms with E-state index in [-0.39, 0.29) is 12.1 Å². The Balaban J connectivity index is 1.48. The standard InChI is InChI=1S/C19H24N8O/c1-25(2)18-9-19(23-12-22-18)27-11-15(28)8-14(27)10-21-16-4-3-5-17(24-16)26-7-6-20-13-26/h3-7,9,12-15,28H,8,10-11H2,1-2H3,(H,21,24)/t14-,15-/m1/s1. The lowest BCUT2D eigenvalue weighted by molar-refractivity contribution is 0.194. The number of hydrogen-bond acceptors (Lipinski definition) is 8. The molecule has 3 aromatic heterocycles. The summed E-state index contributed by atoms with van der Waals surface area (Å²) < 4.78 is 1.86. The van der Waals surface area contributed by atoms with Gasteiger partial charge in [0.15, 0.2) is 0 Å². The fourth-order valence-electron chi connectivity index (χ4n) is 3.39. The maximum Gasteiger partial charge on any atom is 0.140 e. The summed E-state index contributed by atoms with van der Waals surface area (Å²) in [7, 11) is 3.89. The molecule has 0 radical (unpaired) electrons. The minimum atomic E-state index is -0.380. The molecular formula is C19H24N8O. The Hall–Kier alpha value is -3.20. The van der Waals surface area contributed by atoms with Crippen molar-refractivity contribution in [2.24, 2.45) is 0 Å². The Bertz CT molecular complexity index is 914. The van der Waals surface area contributed by atoms with Gasteiger partial charge >= 0.3 is 0 Å². The fourth-order valence-corrected chi connectivity index (χ4v) is 3.39. The SMILES string of the molecule is CN(C)c1cc(N2C[C@H](O)C[C@@H]2CNc2cccc(-n3ccnc3)n2)ncn1. The van der Waals surface area contributed by atoms with Gasteiger partial charge in [0.05, 0.1) is 12.1 Å². The van der Waals surface area contributed by atoms with Crippen LogP contribution in [0, 0.1) is 0 Å². The van der Waals surface area contributed by atoms with Crippen molar-refractivity contribution in [1.29, 1.82) is 0 Å². The van der Waals surface area contributed by atoms with Gasteiger partial charge < -0.3 is 20.2 Å². The van der Waals surface area contributed by atoms with Gasteiger partial charge in [-0.1, -0.05) is 6.07 Å². The second kappa shape index (κ2) is 7.81. The van der Waals surface area contributed by atoms with E-state index in [0.29, 0.717) is 19.5 Å². The second-order valence-electron chi connectivity index (χ2n) is 7.06. The molecule has 28 heavy (non-hydrogen) atoms. The average Bonchev–Trinajstić information content (AvgIpc) is 3.36. The van der Waals surface area contributed by atoms with E-state index in [1.165, 1.54) is 0 Å². The normalized spacial score (nSPS) is 19.0. The van der Waals surface area contributed by atoms with Crippen LogP contribution in [0.25, 0.3) is 5.82 Å². The van der Waals surface area contributed by atoms with Crippen LogP contribution in [0.3, 0.4) is 0 Å². The molecule has 0 aromatic carbocycles. The Labute approximate surface area is 163 Å². The third-order valence-corrected chi connectivity index (χ3v) is 4.81. The summed E-state index contributed by atoms with van der Waals surface area (Å²) in [4.78, 5) is 21.5. The highest BCUT2D eigenvalue weighted by Gasteiger charge is 2.32. The number of aliphatic hydroxyl groups is 1. The van der Waals surface area contributed by atoms with Crippen LogP contribution < -0.4 is 15.1 Å². The third kappa shape index (κ3) is 3.89. The van der Waals surface area contributed by atoms with E-state index in [1.54, 1.807) is 18.9 Å². The van der Waals surface area contributed by atoms with Gasteiger partial charge in [0.1, 0.15) is 35.9 Å².